The fraction of sp³-hybridized carbons (Fsp3) is 0.474. The van der Waals surface area contributed by atoms with Crippen molar-refractivity contribution >= 4 is 11.8 Å². The third-order valence-electron chi connectivity index (χ3n) is 5.04. The normalized spacial score (nSPS) is 19.8. The van der Waals surface area contributed by atoms with E-state index in [4.69, 9.17) is 4.52 Å². The maximum absolute atomic E-state index is 12.5. The Morgan fingerprint density at radius 2 is 2.04 bits per heavy atom. The standard InChI is InChI=1S/C19H22N4O3/c1-22(11-16-20-19(21-26-16)14-7-8-14)18(25)12-23-10-15(9-17(23)24)13-5-3-2-4-6-13/h2-6,14-15H,7-12H2,1H3/t15-/m1/s1. The molecule has 0 radical (unpaired) electrons. The third kappa shape index (κ3) is 3.61. The van der Waals surface area contributed by atoms with Gasteiger partial charge in [-0.15, -0.1) is 0 Å². The number of carbonyl (C=O) groups excluding carboxylic acids is 2. The molecule has 4 rings (SSSR count). The fourth-order valence-electron chi connectivity index (χ4n) is 3.29. The van der Waals surface area contributed by atoms with Gasteiger partial charge in [0, 0.05) is 31.8 Å². The minimum Gasteiger partial charge on any atom is -0.337 e. The van der Waals surface area contributed by atoms with E-state index in [0.29, 0.717) is 24.8 Å². The van der Waals surface area contributed by atoms with Gasteiger partial charge in [-0.3, -0.25) is 9.59 Å². The van der Waals surface area contributed by atoms with Gasteiger partial charge in [-0.1, -0.05) is 35.5 Å². The SMILES string of the molecule is CN(Cc1nc(C2CC2)no1)C(=O)CN1C[C@H](c2ccccc2)CC1=O. The summed E-state index contributed by atoms with van der Waals surface area (Å²) in [5.74, 6) is 1.65. The molecular weight excluding hydrogens is 332 g/mol. The number of hydrogen-bond donors (Lipinski definition) is 0. The van der Waals surface area contributed by atoms with Crippen LogP contribution in [0.15, 0.2) is 34.9 Å². The first-order chi connectivity index (χ1) is 12.6. The minimum atomic E-state index is -0.127. The topological polar surface area (TPSA) is 79.5 Å². The molecule has 1 saturated carbocycles. The maximum atomic E-state index is 12.5. The summed E-state index contributed by atoms with van der Waals surface area (Å²) in [6, 6.07) is 9.97. The summed E-state index contributed by atoms with van der Waals surface area (Å²) in [7, 11) is 1.69. The highest BCUT2D eigenvalue weighted by molar-refractivity contribution is 5.86. The first-order valence-electron chi connectivity index (χ1n) is 8.99. The number of aromatic nitrogens is 2. The summed E-state index contributed by atoms with van der Waals surface area (Å²) in [4.78, 5) is 32.3. The predicted molar refractivity (Wildman–Crippen MR) is 93.1 cm³/mol. The lowest BCUT2D eigenvalue weighted by atomic mass is 9.99. The van der Waals surface area contributed by atoms with Crippen molar-refractivity contribution in [3.05, 3.63) is 47.6 Å². The minimum absolute atomic E-state index is 0.0226. The second kappa shape index (κ2) is 6.90. The van der Waals surface area contributed by atoms with Crippen molar-refractivity contribution in [2.75, 3.05) is 20.1 Å². The summed E-state index contributed by atoms with van der Waals surface area (Å²) in [5.41, 5.74) is 1.14. The van der Waals surface area contributed by atoms with Gasteiger partial charge in [0.15, 0.2) is 5.82 Å². The average Bonchev–Trinajstić information content (AvgIpc) is 3.29. The summed E-state index contributed by atoms with van der Waals surface area (Å²) in [6.45, 7) is 0.930. The van der Waals surface area contributed by atoms with E-state index in [9.17, 15) is 9.59 Å². The Balaban J connectivity index is 1.32. The van der Waals surface area contributed by atoms with E-state index < -0.39 is 0 Å². The van der Waals surface area contributed by atoms with Crippen molar-refractivity contribution in [1.29, 1.82) is 0 Å². The van der Waals surface area contributed by atoms with E-state index in [1.807, 2.05) is 30.3 Å². The van der Waals surface area contributed by atoms with Gasteiger partial charge >= 0.3 is 0 Å². The van der Waals surface area contributed by atoms with Gasteiger partial charge in [0.2, 0.25) is 17.7 Å². The molecule has 0 unspecified atom stereocenters. The smallest absolute Gasteiger partial charge is 0.246 e. The highest BCUT2D eigenvalue weighted by Gasteiger charge is 2.33. The number of benzene rings is 1. The summed E-state index contributed by atoms with van der Waals surface area (Å²) >= 11 is 0. The number of hydrogen-bond acceptors (Lipinski definition) is 5. The largest absolute Gasteiger partial charge is 0.337 e. The molecule has 0 N–H and O–H groups in total. The summed E-state index contributed by atoms with van der Waals surface area (Å²) in [6.07, 6.45) is 2.66. The number of likely N-dealkylation sites (tertiary alicyclic amines) is 1. The fourth-order valence-corrected chi connectivity index (χ4v) is 3.29. The highest BCUT2D eigenvalue weighted by atomic mass is 16.5. The number of likely N-dealkylation sites (N-methyl/N-ethyl adjacent to an activating group) is 1. The Morgan fingerprint density at radius 3 is 2.77 bits per heavy atom. The molecule has 1 aliphatic carbocycles. The van der Waals surface area contributed by atoms with Gasteiger partial charge in [-0.05, 0) is 18.4 Å². The monoisotopic (exact) mass is 354 g/mol. The Bertz CT molecular complexity index is 800. The van der Waals surface area contributed by atoms with Crippen molar-refractivity contribution in [2.24, 2.45) is 0 Å². The van der Waals surface area contributed by atoms with Gasteiger partial charge in [0.05, 0.1) is 13.1 Å². The number of rotatable bonds is 6. The molecule has 1 aromatic heterocycles. The molecule has 0 bridgehead atoms. The summed E-state index contributed by atoms with van der Waals surface area (Å²) < 4.78 is 5.22. The molecule has 7 heteroatoms. The van der Waals surface area contributed by atoms with Crippen LogP contribution >= 0.6 is 0 Å². The van der Waals surface area contributed by atoms with Gasteiger partial charge in [0.25, 0.3) is 0 Å². The van der Waals surface area contributed by atoms with E-state index in [2.05, 4.69) is 10.1 Å². The maximum Gasteiger partial charge on any atom is 0.246 e. The first kappa shape index (κ1) is 16.8. The van der Waals surface area contributed by atoms with Gasteiger partial charge < -0.3 is 14.3 Å². The van der Waals surface area contributed by atoms with Crippen LogP contribution in [0.1, 0.15) is 48.4 Å². The average molecular weight is 354 g/mol. The van der Waals surface area contributed by atoms with Crippen LogP contribution in [0.4, 0.5) is 0 Å². The van der Waals surface area contributed by atoms with Crippen LogP contribution in [0.5, 0.6) is 0 Å². The van der Waals surface area contributed by atoms with E-state index in [0.717, 1.165) is 24.2 Å². The van der Waals surface area contributed by atoms with E-state index >= 15 is 0 Å². The first-order valence-corrected chi connectivity index (χ1v) is 8.99. The van der Waals surface area contributed by atoms with Crippen LogP contribution in [0.3, 0.4) is 0 Å². The van der Waals surface area contributed by atoms with Crippen LogP contribution < -0.4 is 0 Å². The zero-order valence-electron chi connectivity index (χ0n) is 14.8. The second-order valence-corrected chi connectivity index (χ2v) is 7.16. The van der Waals surface area contributed by atoms with Crippen LogP contribution in [-0.4, -0.2) is 51.9 Å². The lowest BCUT2D eigenvalue weighted by Gasteiger charge is -2.20. The molecule has 2 heterocycles. The molecular formula is C19H22N4O3. The second-order valence-electron chi connectivity index (χ2n) is 7.16. The Morgan fingerprint density at radius 1 is 1.27 bits per heavy atom. The molecule has 2 fully saturated rings. The molecule has 26 heavy (non-hydrogen) atoms. The van der Waals surface area contributed by atoms with Crippen molar-refractivity contribution in [2.45, 2.75) is 37.6 Å². The van der Waals surface area contributed by atoms with Crippen LogP contribution in [0, 0.1) is 0 Å². The van der Waals surface area contributed by atoms with Crippen molar-refractivity contribution in [3.8, 4) is 0 Å². The molecule has 1 aliphatic heterocycles. The lowest BCUT2D eigenvalue weighted by molar-refractivity contribution is -0.138. The van der Waals surface area contributed by atoms with Crippen LogP contribution in [0.25, 0.3) is 0 Å². The molecule has 2 aliphatic rings. The molecule has 1 atom stereocenters. The number of nitrogens with zero attached hydrogens (tertiary/aromatic N) is 4. The number of carbonyl (C=O) groups is 2. The van der Waals surface area contributed by atoms with Crippen molar-refractivity contribution in [1.82, 2.24) is 19.9 Å². The Labute approximate surface area is 152 Å². The Hall–Kier alpha value is -2.70. The quantitative estimate of drug-likeness (QED) is 0.792. The Kier molecular flexibility index (Phi) is 4.44. The zero-order valence-corrected chi connectivity index (χ0v) is 14.8. The third-order valence-corrected chi connectivity index (χ3v) is 5.04. The van der Waals surface area contributed by atoms with Gasteiger partial charge in [0.1, 0.15) is 0 Å². The molecule has 1 aromatic carbocycles. The van der Waals surface area contributed by atoms with E-state index in [1.165, 1.54) is 4.90 Å². The molecule has 2 amide bonds. The highest BCUT2D eigenvalue weighted by Crippen LogP contribution is 2.38. The predicted octanol–water partition coefficient (Wildman–Crippen LogP) is 1.92. The molecule has 0 spiro atoms. The molecule has 2 aromatic rings. The molecule has 1 saturated heterocycles. The van der Waals surface area contributed by atoms with Gasteiger partial charge in [-0.25, -0.2) is 0 Å². The van der Waals surface area contributed by atoms with Gasteiger partial charge in [-0.2, -0.15) is 4.98 Å². The summed E-state index contributed by atoms with van der Waals surface area (Å²) in [5, 5.41) is 3.96. The van der Waals surface area contributed by atoms with Crippen LogP contribution in [0.2, 0.25) is 0 Å². The zero-order chi connectivity index (χ0) is 18.1. The van der Waals surface area contributed by atoms with Crippen molar-refractivity contribution < 1.29 is 14.1 Å². The van der Waals surface area contributed by atoms with Crippen molar-refractivity contribution in [3.63, 3.8) is 0 Å². The van der Waals surface area contributed by atoms with Crippen LogP contribution in [-0.2, 0) is 16.1 Å². The lowest BCUT2D eigenvalue weighted by Crippen LogP contribution is -2.38. The van der Waals surface area contributed by atoms with E-state index in [1.54, 1.807) is 11.9 Å². The molecule has 136 valence electrons. The molecule has 7 nitrogen and oxygen atoms in total. The number of amides is 2. The van der Waals surface area contributed by atoms with E-state index in [-0.39, 0.29) is 30.8 Å².